The van der Waals surface area contributed by atoms with Crippen LogP contribution in [0, 0.1) is 6.92 Å². The molecule has 4 nitrogen and oxygen atoms in total. The molecule has 0 saturated carbocycles. The van der Waals surface area contributed by atoms with Gasteiger partial charge in [0.2, 0.25) is 5.91 Å². The first kappa shape index (κ1) is 16.4. The molecule has 1 saturated heterocycles. The lowest BCUT2D eigenvalue weighted by Gasteiger charge is -2.19. The summed E-state index contributed by atoms with van der Waals surface area (Å²) < 4.78 is 5.58. The van der Waals surface area contributed by atoms with Crippen LogP contribution >= 0.6 is 0 Å². The maximum absolute atomic E-state index is 12.2. The molecular formula is C20H24N2O2. The van der Waals surface area contributed by atoms with Gasteiger partial charge in [0.25, 0.3) is 0 Å². The Morgan fingerprint density at radius 3 is 2.62 bits per heavy atom. The zero-order chi connectivity index (χ0) is 16.8. The normalized spacial score (nSPS) is 13.8. The molecule has 1 aliphatic heterocycles. The maximum atomic E-state index is 12.2. The third-order valence-corrected chi connectivity index (χ3v) is 4.31. The highest BCUT2D eigenvalue weighted by atomic mass is 16.5. The molecule has 24 heavy (non-hydrogen) atoms. The van der Waals surface area contributed by atoms with E-state index in [1.54, 1.807) is 0 Å². The standard InChI is InChI=1S/C20H24N2O2/c1-16-9-10-17(22-12-5-6-13-22)15-19(16)21-20(23)11-14-24-18-7-3-2-4-8-18/h2-4,7-10,15H,5-6,11-14H2,1H3,(H,21,23). The molecular weight excluding hydrogens is 300 g/mol. The van der Waals surface area contributed by atoms with Gasteiger partial charge >= 0.3 is 0 Å². The van der Waals surface area contributed by atoms with E-state index in [1.807, 2.05) is 37.3 Å². The van der Waals surface area contributed by atoms with E-state index in [9.17, 15) is 4.79 Å². The number of nitrogens with one attached hydrogen (secondary N) is 1. The highest BCUT2D eigenvalue weighted by Crippen LogP contribution is 2.26. The van der Waals surface area contributed by atoms with Crippen LogP contribution in [-0.4, -0.2) is 25.6 Å². The number of aryl methyl sites for hydroxylation is 1. The topological polar surface area (TPSA) is 41.6 Å². The SMILES string of the molecule is Cc1ccc(N2CCCC2)cc1NC(=O)CCOc1ccccc1. The van der Waals surface area contributed by atoms with Crippen LogP contribution in [0.5, 0.6) is 5.75 Å². The first-order valence-corrected chi connectivity index (χ1v) is 8.56. The molecule has 0 radical (unpaired) electrons. The number of ether oxygens (including phenoxy) is 1. The Hall–Kier alpha value is -2.49. The Morgan fingerprint density at radius 2 is 1.88 bits per heavy atom. The molecule has 2 aromatic rings. The van der Waals surface area contributed by atoms with Crippen molar-refractivity contribution >= 4 is 17.3 Å². The van der Waals surface area contributed by atoms with E-state index in [0.717, 1.165) is 30.1 Å². The summed E-state index contributed by atoms with van der Waals surface area (Å²) in [5.41, 5.74) is 3.16. The van der Waals surface area contributed by atoms with Crippen molar-refractivity contribution in [3.05, 3.63) is 54.1 Å². The summed E-state index contributed by atoms with van der Waals surface area (Å²) in [6, 6.07) is 15.8. The number of carbonyl (C=O) groups is 1. The number of hydrogen-bond acceptors (Lipinski definition) is 3. The fourth-order valence-electron chi connectivity index (χ4n) is 2.91. The number of amides is 1. The number of para-hydroxylation sites is 1. The van der Waals surface area contributed by atoms with Crippen LogP contribution in [0.1, 0.15) is 24.8 Å². The average Bonchev–Trinajstić information content (AvgIpc) is 3.12. The highest BCUT2D eigenvalue weighted by Gasteiger charge is 2.14. The zero-order valence-electron chi connectivity index (χ0n) is 14.1. The van der Waals surface area contributed by atoms with Crippen LogP contribution in [-0.2, 0) is 4.79 Å². The summed E-state index contributed by atoms with van der Waals surface area (Å²) in [6.45, 7) is 4.59. The Balaban J connectivity index is 1.54. The molecule has 0 unspecified atom stereocenters. The molecule has 0 aromatic heterocycles. The van der Waals surface area contributed by atoms with Crippen LogP contribution in [0.25, 0.3) is 0 Å². The molecule has 126 valence electrons. The maximum Gasteiger partial charge on any atom is 0.227 e. The van der Waals surface area contributed by atoms with Crippen molar-refractivity contribution < 1.29 is 9.53 Å². The third kappa shape index (κ3) is 4.28. The van der Waals surface area contributed by atoms with E-state index >= 15 is 0 Å². The summed E-state index contributed by atoms with van der Waals surface area (Å²) in [4.78, 5) is 14.6. The van der Waals surface area contributed by atoms with Crippen LogP contribution in [0.4, 0.5) is 11.4 Å². The summed E-state index contributed by atoms with van der Waals surface area (Å²) >= 11 is 0. The molecule has 1 amide bonds. The van der Waals surface area contributed by atoms with Gasteiger partial charge in [-0.2, -0.15) is 0 Å². The summed E-state index contributed by atoms with van der Waals surface area (Å²) in [6.07, 6.45) is 2.82. The van der Waals surface area contributed by atoms with Crippen molar-refractivity contribution in [3.63, 3.8) is 0 Å². The zero-order valence-corrected chi connectivity index (χ0v) is 14.1. The van der Waals surface area contributed by atoms with Gasteiger partial charge in [0.15, 0.2) is 0 Å². The van der Waals surface area contributed by atoms with E-state index in [0.29, 0.717) is 13.0 Å². The minimum absolute atomic E-state index is 0.0207. The second-order valence-electron chi connectivity index (χ2n) is 6.15. The Labute approximate surface area is 143 Å². The molecule has 1 aliphatic rings. The van der Waals surface area contributed by atoms with Crippen molar-refractivity contribution in [3.8, 4) is 5.75 Å². The van der Waals surface area contributed by atoms with E-state index in [4.69, 9.17) is 4.74 Å². The van der Waals surface area contributed by atoms with Gasteiger partial charge in [-0.05, 0) is 49.6 Å². The molecule has 4 heteroatoms. The van der Waals surface area contributed by atoms with Gasteiger partial charge in [0, 0.05) is 24.5 Å². The van der Waals surface area contributed by atoms with Crippen molar-refractivity contribution in [2.75, 3.05) is 29.9 Å². The lowest BCUT2D eigenvalue weighted by atomic mass is 10.1. The quantitative estimate of drug-likeness (QED) is 0.873. The van der Waals surface area contributed by atoms with Gasteiger partial charge < -0.3 is 15.0 Å². The molecule has 0 spiro atoms. The summed E-state index contributed by atoms with van der Waals surface area (Å²) in [5, 5.41) is 3.01. The van der Waals surface area contributed by atoms with E-state index in [1.165, 1.54) is 18.5 Å². The highest BCUT2D eigenvalue weighted by molar-refractivity contribution is 5.92. The first-order chi connectivity index (χ1) is 11.7. The second-order valence-corrected chi connectivity index (χ2v) is 6.15. The van der Waals surface area contributed by atoms with Crippen molar-refractivity contribution in [1.82, 2.24) is 0 Å². The lowest BCUT2D eigenvalue weighted by molar-refractivity contribution is -0.116. The number of nitrogens with zero attached hydrogens (tertiary/aromatic N) is 1. The van der Waals surface area contributed by atoms with Crippen LogP contribution in [0.15, 0.2) is 48.5 Å². The Morgan fingerprint density at radius 1 is 1.12 bits per heavy atom. The number of anilines is 2. The Kier molecular flexibility index (Phi) is 5.36. The fourth-order valence-corrected chi connectivity index (χ4v) is 2.91. The molecule has 1 heterocycles. The number of carbonyl (C=O) groups excluding carboxylic acids is 1. The van der Waals surface area contributed by atoms with Crippen molar-refractivity contribution in [2.45, 2.75) is 26.2 Å². The van der Waals surface area contributed by atoms with E-state index in [-0.39, 0.29) is 5.91 Å². The minimum atomic E-state index is -0.0207. The van der Waals surface area contributed by atoms with Gasteiger partial charge in [0.1, 0.15) is 5.75 Å². The third-order valence-electron chi connectivity index (χ3n) is 4.31. The van der Waals surface area contributed by atoms with Crippen molar-refractivity contribution in [2.24, 2.45) is 0 Å². The Bertz CT molecular complexity index is 679. The average molecular weight is 324 g/mol. The smallest absolute Gasteiger partial charge is 0.227 e. The van der Waals surface area contributed by atoms with Crippen LogP contribution in [0.2, 0.25) is 0 Å². The summed E-state index contributed by atoms with van der Waals surface area (Å²) in [7, 11) is 0. The van der Waals surface area contributed by atoms with Gasteiger partial charge in [-0.15, -0.1) is 0 Å². The van der Waals surface area contributed by atoms with E-state index < -0.39 is 0 Å². The molecule has 2 aromatic carbocycles. The van der Waals surface area contributed by atoms with Gasteiger partial charge in [-0.25, -0.2) is 0 Å². The molecule has 0 atom stereocenters. The monoisotopic (exact) mass is 324 g/mol. The first-order valence-electron chi connectivity index (χ1n) is 8.56. The number of rotatable bonds is 6. The van der Waals surface area contributed by atoms with Gasteiger partial charge in [-0.1, -0.05) is 24.3 Å². The summed E-state index contributed by atoms with van der Waals surface area (Å²) in [5.74, 6) is 0.769. The van der Waals surface area contributed by atoms with E-state index in [2.05, 4.69) is 28.4 Å². The largest absolute Gasteiger partial charge is 0.493 e. The molecule has 0 aliphatic carbocycles. The predicted octanol–water partition coefficient (Wildman–Crippen LogP) is 4.00. The second kappa shape index (κ2) is 7.86. The van der Waals surface area contributed by atoms with Gasteiger partial charge in [-0.3, -0.25) is 4.79 Å². The van der Waals surface area contributed by atoms with Gasteiger partial charge in [0.05, 0.1) is 13.0 Å². The molecule has 1 fully saturated rings. The minimum Gasteiger partial charge on any atom is -0.493 e. The molecule has 1 N–H and O–H groups in total. The van der Waals surface area contributed by atoms with Crippen molar-refractivity contribution in [1.29, 1.82) is 0 Å². The molecule has 0 bridgehead atoms. The lowest BCUT2D eigenvalue weighted by Crippen LogP contribution is -2.19. The predicted molar refractivity (Wildman–Crippen MR) is 97.8 cm³/mol. The fraction of sp³-hybridized carbons (Fsp3) is 0.350. The molecule has 3 rings (SSSR count). The number of benzene rings is 2. The van der Waals surface area contributed by atoms with Crippen LogP contribution in [0.3, 0.4) is 0 Å². The van der Waals surface area contributed by atoms with Crippen LogP contribution < -0.4 is 15.0 Å². The number of hydrogen-bond donors (Lipinski definition) is 1.